The largest absolute Gasteiger partial charge is 0.469 e. The van der Waals surface area contributed by atoms with E-state index in [1.54, 1.807) is 5.57 Å². The summed E-state index contributed by atoms with van der Waals surface area (Å²) in [5.41, 5.74) is 2.89. The molecule has 0 spiro atoms. The summed E-state index contributed by atoms with van der Waals surface area (Å²) in [5.74, 6) is 3.09. The zero-order chi connectivity index (χ0) is 31.1. The Kier molecular flexibility index (Phi) is 14.6. The van der Waals surface area contributed by atoms with Crippen LogP contribution in [0.5, 0.6) is 0 Å². The third-order valence-electron chi connectivity index (χ3n) is 10.3. The van der Waals surface area contributed by atoms with Crippen LogP contribution >= 0.6 is 0 Å². The minimum atomic E-state index is -0.135. The number of hydrogen-bond donors (Lipinski definition) is 0. The minimum Gasteiger partial charge on any atom is -0.469 e. The van der Waals surface area contributed by atoms with Crippen molar-refractivity contribution in [3.05, 3.63) is 72.0 Å². The van der Waals surface area contributed by atoms with E-state index >= 15 is 0 Å². The number of rotatable bonds is 19. The Morgan fingerprint density at radius 3 is 2.53 bits per heavy atom. The number of hydrogen-bond acceptors (Lipinski definition) is 5. The van der Waals surface area contributed by atoms with Gasteiger partial charge in [0.2, 0.25) is 0 Å². The average molecular weight is 621 g/mol. The zero-order valence-corrected chi connectivity index (χ0v) is 28.1. The van der Waals surface area contributed by atoms with E-state index < -0.39 is 0 Å². The van der Waals surface area contributed by atoms with Gasteiger partial charge in [0.05, 0.1) is 19.3 Å². The van der Waals surface area contributed by atoms with Crippen LogP contribution in [0.3, 0.4) is 0 Å². The Labute approximate surface area is 273 Å². The molecule has 0 N–H and O–H groups in total. The van der Waals surface area contributed by atoms with Gasteiger partial charge in [-0.2, -0.15) is 0 Å². The van der Waals surface area contributed by atoms with Crippen molar-refractivity contribution in [3.8, 4) is 0 Å². The monoisotopic (exact) mass is 620 g/mol. The van der Waals surface area contributed by atoms with Gasteiger partial charge in [-0.25, -0.2) is 0 Å². The first-order chi connectivity index (χ1) is 22.2. The lowest BCUT2D eigenvalue weighted by atomic mass is 9.86. The molecule has 5 heteroatoms. The van der Waals surface area contributed by atoms with E-state index in [-0.39, 0.29) is 24.6 Å². The first-order valence-corrected chi connectivity index (χ1v) is 18.4. The molecule has 1 aromatic carbocycles. The molecule has 2 saturated heterocycles. The summed E-state index contributed by atoms with van der Waals surface area (Å²) in [6.07, 6.45) is 25.1. The van der Waals surface area contributed by atoms with Crippen LogP contribution < -0.4 is 0 Å². The van der Waals surface area contributed by atoms with Gasteiger partial charge in [0, 0.05) is 25.6 Å². The van der Waals surface area contributed by atoms with Gasteiger partial charge in [-0.1, -0.05) is 67.8 Å². The summed E-state index contributed by atoms with van der Waals surface area (Å²) < 4.78 is 31.8. The molecule has 0 radical (unpaired) electrons. The first kappa shape index (κ1) is 34.4. The molecule has 4 aliphatic rings. The summed E-state index contributed by atoms with van der Waals surface area (Å²) in [5, 5.41) is 0. The second-order valence-corrected chi connectivity index (χ2v) is 14.0. The Morgan fingerprint density at radius 1 is 0.978 bits per heavy atom. The quantitative estimate of drug-likeness (QED) is 0.0875. The van der Waals surface area contributed by atoms with E-state index in [0.29, 0.717) is 24.4 Å². The van der Waals surface area contributed by atoms with Crippen LogP contribution in [0, 0.1) is 23.7 Å². The topological polar surface area (TPSA) is 46.2 Å². The molecule has 45 heavy (non-hydrogen) atoms. The molecule has 3 unspecified atom stereocenters. The van der Waals surface area contributed by atoms with E-state index in [2.05, 4.69) is 56.0 Å². The summed E-state index contributed by atoms with van der Waals surface area (Å²) in [6, 6.07) is 10.5. The van der Waals surface area contributed by atoms with Gasteiger partial charge in [0.25, 0.3) is 0 Å². The molecule has 5 nitrogen and oxygen atoms in total. The van der Waals surface area contributed by atoms with Crippen LogP contribution in [0.25, 0.3) is 0 Å². The van der Waals surface area contributed by atoms with Crippen molar-refractivity contribution < 1.29 is 23.7 Å². The Bertz CT molecular complexity index is 1040. The Hall–Kier alpha value is -1.92. The minimum absolute atomic E-state index is 0.0809. The number of unbranched alkanes of at least 4 members (excludes halogenated alkanes) is 3. The van der Waals surface area contributed by atoms with E-state index in [1.165, 1.54) is 50.5 Å². The number of fused-ring (bicyclic) bond motifs is 1. The molecule has 2 aliphatic heterocycles. The lowest BCUT2D eigenvalue weighted by Crippen LogP contribution is -2.34. The van der Waals surface area contributed by atoms with Crippen LogP contribution in [0.15, 0.2) is 66.5 Å². The van der Waals surface area contributed by atoms with Gasteiger partial charge >= 0.3 is 0 Å². The van der Waals surface area contributed by atoms with Gasteiger partial charge in [0.1, 0.15) is 5.76 Å². The van der Waals surface area contributed by atoms with Gasteiger partial charge in [-0.05, 0) is 113 Å². The second-order valence-electron chi connectivity index (χ2n) is 14.0. The third kappa shape index (κ3) is 11.1. The molecule has 250 valence electrons. The van der Waals surface area contributed by atoms with Crippen molar-refractivity contribution >= 4 is 0 Å². The van der Waals surface area contributed by atoms with Crippen molar-refractivity contribution in [3.63, 3.8) is 0 Å². The first-order valence-electron chi connectivity index (χ1n) is 18.4. The summed E-state index contributed by atoms with van der Waals surface area (Å²) in [7, 11) is 0. The molecule has 0 aromatic heterocycles. The van der Waals surface area contributed by atoms with Crippen molar-refractivity contribution in [1.29, 1.82) is 0 Å². The molecule has 0 bridgehead atoms. The van der Waals surface area contributed by atoms with Crippen LogP contribution in [0.2, 0.25) is 0 Å². The highest BCUT2D eigenvalue weighted by Crippen LogP contribution is 2.52. The van der Waals surface area contributed by atoms with Gasteiger partial charge in [-0.3, -0.25) is 0 Å². The molecule has 7 atom stereocenters. The van der Waals surface area contributed by atoms with Crippen molar-refractivity contribution in [1.82, 2.24) is 0 Å². The van der Waals surface area contributed by atoms with E-state index in [9.17, 15) is 0 Å². The fourth-order valence-corrected chi connectivity index (χ4v) is 7.77. The van der Waals surface area contributed by atoms with Crippen molar-refractivity contribution in [2.75, 3.05) is 19.8 Å². The molecule has 3 fully saturated rings. The second kappa shape index (κ2) is 19.0. The third-order valence-corrected chi connectivity index (χ3v) is 10.3. The number of benzene rings is 1. The summed E-state index contributed by atoms with van der Waals surface area (Å²) >= 11 is 0. The predicted molar refractivity (Wildman–Crippen MR) is 181 cm³/mol. The maximum atomic E-state index is 6.85. The standard InChI is InChI=1S/C40H60O5/c1-3-4-7-16-31(2)22-23-36(44-38-20-11-14-25-42-38)40-35-28-33(19-10-6-13-24-41-30-32-17-8-5-9-18-32)27-34(35)29-37(40)45-39-21-12-15-26-43-39/h3,5,8-9,17-18,23,27,31,34-35,37-40H,1,4,6-7,10-16,19-22,24-26,28-30H2,2H3/t31?,34-,35-,37+,38?,39?,40-/m1/s1. The molecule has 2 heterocycles. The number of ether oxygens (including phenoxy) is 5. The van der Waals surface area contributed by atoms with Crippen molar-refractivity contribution in [2.24, 2.45) is 23.7 Å². The molecular weight excluding hydrogens is 560 g/mol. The van der Waals surface area contributed by atoms with Crippen LogP contribution in [0.1, 0.15) is 115 Å². The van der Waals surface area contributed by atoms with Gasteiger partial charge in [0.15, 0.2) is 12.6 Å². The maximum Gasteiger partial charge on any atom is 0.199 e. The molecule has 1 saturated carbocycles. The molecule has 1 aromatic rings. The Morgan fingerprint density at radius 2 is 1.78 bits per heavy atom. The highest BCUT2D eigenvalue weighted by Gasteiger charge is 2.49. The summed E-state index contributed by atoms with van der Waals surface area (Å²) in [6.45, 7) is 9.44. The fourth-order valence-electron chi connectivity index (χ4n) is 7.77. The SMILES string of the molecule is C=CCCCC(C)CC=C(OC1CCCCO1)[C@H]1[C@@H]2CC(CCCCCOCc3ccccc3)=C[C@@H]2C[C@@H]1OC1CCCCO1. The van der Waals surface area contributed by atoms with E-state index in [1.807, 2.05) is 6.08 Å². The Balaban J connectivity index is 1.19. The fraction of sp³-hybridized carbons (Fsp3) is 0.700. The molecular formula is C40H60O5. The molecule has 2 aliphatic carbocycles. The van der Waals surface area contributed by atoms with Crippen LogP contribution in [-0.4, -0.2) is 38.5 Å². The average Bonchev–Trinajstić information content (AvgIpc) is 3.61. The lowest BCUT2D eigenvalue weighted by Gasteiger charge is -2.34. The smallest absolute Gasteiger partial charge is 0.199 e. The highest BCUT2D eigenvalue weighted by atomic mass is 16.7. The molecule has 5 rings (SSSR count). The molecule has 0 amide bonds. The van der Waals surface area contributed by atoms with Gasteiger partial charge < -0.3 is 23.7 Å². The van der Waals surface area contributed by atoms with E-state index in [4.69, 9.17) is 23.7 Å². The van der Waals surface area contributed by atoms with Crippen molar-refractivity contribution in [2.45, 2.75) is 135 Å². The number of allylic oxidation sites excluding steroid dienone is 4. The van der Waals surface area contributed by atoms with Gasteiger partial charge in [-0.15, -0.1) is 6.58 Å². The highest BCUT2D eigenvalue weighted by molar-refractivity contribution is 5.23. The lowest BCUT2D eigenvalue weighted by molar-refractivity contribution is -0.200. The maximum absolute atomic E-state index is 6.85. The predicted octanol–water partition coefficient (Wildman–Crippen LogP) is 10.1. The normalized spacial score (nSPS) is 29.3. The van der Waals surface area contributed by atoms with Crippen LogP contribution in [-0.2, 0) is 30.3 Å². The van der Waals surface area contributed by atoms with E-state index in [0.717, 1.165) is 83.4 Å². The summed E-state index contributed by atoms with van der Waals surface area (Å²) in [4.78, 5) is 0. The van der Waals surface area contributed by atoms with Crippen LogP contribution in [0.4, 0.5) is 0 Å². The zero-order valence-electron chi connectivity index (χ0n) is 28.1.